The first-order chi connectivity index (χ1) is 12.9. The summed E-state index contributed by atoms with van der Waals surface area (Å²) in [6, 6.07) is 7.91. The van der Waals surface area contributed by atoms with E-state index >= 15 is 0 Å². The predicted molar refractivity (Wildman–Crippen MR) is 109 cm³/mol. The Labute approximate surface area is 166 Å². The molecule has 0 radical (unpaired) electrons. The summed E-state index contributed by atoms with van der Waals surface area (Å²) in [5, 5.41) is 13.4. The molecule has 2 aromatic rings. The van der Waals surface area contributed by atoms with E-state index in [9.17, 15) is 13.2 Å². The molecule has 9 heteroatoms. The van der Waals surface area contributed by atoms with Crippen LogP contribution in [-0.2, 0) is 14.6 Å². The van der Waals surface area contributed by atoms with Crippen molar-refractivity contribution >= 4 is 44.1 Å². The molecule has 2 atom stereocenters. The molecule has 2 aromatic heterocycles. The van der Waals surface area contributed by atoms with Crippen LogP contribution in [0.1, 0.15) is 35.6 Å². The monoisotopic (exact) mass is 423 g/mol. The molecule has 27 heavy (non-hydrogen) atoms. The molecule has 1 fully saturated rings. The van der Waals surface area contributed by atoms with E-state index in [4.69, 9.17) is 0 Å². The van der Waals surface area contributed by atoms with Gasteiger partial charge in [-0.05, 0) is 36.2 Å². The maximum absolute atomic E-state index is 12.9. The fourth-order valence-electron chi connectivity index (χ4n) is 3.55. The molecule has 4 rings (SSSR count). The van der Waals surface area contributed by atoms with Crippen LogP contribution in [0.4, 0.5) is 0 Å². The summed E-state index contributed by atoms with van der Waals surface area (Å²) in [6.07, 6.45) is 1.22. The molecule has 4 heterocycles. The van der Waals surface area contributed by atoms with Gasteiger partial charge >= 0.3 is 0 Å². The number of hydrogen-bond donors (Lipinski definition) is 1. The third kappa shape index (κ3) is 4.01. The molecule has 144 valence electrons. The Kier molecular flexibility index (Phi) is 4.96. The molecule has 0 spiro atoms. The van der Waals surface area contributed by atoms with Crippen molar-refractivity contribution < 1.29 is 13.2 Å². The van der Waals surface area contributed by atoms with Crippen molar-refractivity contribution in [2.24, 2.45) is 5.10 Å². The van der Waals surface area contributed by atoms with Gasteiger partial charge in [0.05, 0.1) is 34.7 Å². The first-order valence-corrected chi connectivity index (χ1v) is 12.4. The highest BCUT2D eigenvalue weighted by atomic mass is 32.2. The molecule has 0 bridgehead atoms. The second-order valence-electron chi connectivity index (χ2n) is 7.25. The van der Waals surface area contributed by atoms with Crippen LogP contribution in [0.25, 0.3) is 0 Å². The minimum atomic E-state index is -3.02. The summed E-state index contributed by atoms with van der Waals surface area (Å²) >= 11 is 3.24. The quantitative estimate of drug-likeness (QED) is 0.802. The summed E-state index contributed by atoms with van der Waals surface area (Å²) < 4.78 is 23.5. The van der Waals surface area contributed by atoms with Crippen molar-refractivity contribution in [3.8, 4) is 0 Å². The Hall–Kier alpha value is -1.55. The molecule has 2 unspecified atom stereocenters. The fourth-order valence-corrected chi connectivity index (χ4v) is 7.21. The van der Waals surface area contributed by atoms with Gasteiger partial charge in [0.1, 0.15) is 0 Å². The van der Waals surface area contributed by atoms with Crippen LogP contribution in [-0.4, -0.2) is 48.6 Å². The van der Waals surface area contributed by atoms with Gasteiger partial charge in [0.25, 0.3) is 5.91 Å². The van der Waals surface area contributed by atoms with Gasteiger partial charge in [-0.1, -0.05) is 12.1 Å². The molecule has 2 aliphatic rings. The zero-order chi connectivity index (χ0) is 19.1. The summed E-state index contributed by atoms with van der Waals surface area (Å²) in [5.41, 5.74) is 0.374. The topological polar surface area (TPSA) is 78.8 Å². The van der Waals surface area contributed by atoms with Crippen LogP contribution < -0.4 is 5.32 Å². The molecular formula is C18H21N3O3S3. The van der Waals surface area contributed by atoms with Crippen LogP contribution in [0.3, 0.4) is 0 Å². The molecule has 2 aliphatic heterocycles. The number of amides is 1. The molecule has 0 aromatic carbocycles. The highest BCUT2D eigenvalue weighted by Crippen LogP contribution is 2.36. The summed E-state index contributed by atoms with van der Waals surface area (Å²) in [6.45, 7) is 1.95. The van der Waals surface area contributed by atoms with E-state index in [0.29, 0.717) is 12.8 Å². The summed E-state index contributed by atoms with van der Waals surface area (Å²) in [7, 11) is -3.02. The molecule has 6 nitrogen and oxygen atoms in total. The number of hydrazone groups is 1. The number of carbonyl (C=O) groups excluding carboxylic acids is 1. The second kappa shape index (κ2) is 7.12. The van der Waals surface area contributed by atoms with E-state index in [1.54, 1.807) is 27.7 Å². The second-order valence-corrected chi connectivity index (χ2v) is 11.4. The van der Waals surface area contributed by atoms with Gasteiger partial charge in [-0.25, -0.2) is 13.4 Å². The average molecular weight is 424 g/mol. The van der Waals surface area contributed by atoms with Crippen molar-refractivity contribution in [1.29, 1.82) is 0 Å². The molecule has 0 aliphatic carbocycles. The lowest BCUT2D eigenvalue weighted by Crippen LogP contribution is -2.48. The van der Waals surface area contributed by atoms with Crippen LogP contribution in [0.15, 0.2) is 40.1 Å². The summed E-state index contributed by atoms with van der Waals surface area (Å²) in [4.78, 5) is 15.1. The third-order valence-corrected chi connectivity index (χ3v) is 8.81. The van der Waals surface area contributed by atoms with Crippen molar-refractivity contribution in [1.82, 2.24) is 10.3 Å². The van der Waals surface area contributed by atoms with Gasteiger partial charge in [-0.3, -0.25) is 4.79 Å². The number of nitrogens with zero attached hydrogens (tertiary/aromatic N) is 2. The van der Waals surface area contributed by atoms with Gasteiger partial charge in [-0.2, -0.15) is 5.10 Å². The zero-order valence-electron chi connectivity index (χ0n) is 14.9. The zero-order valence-corrected chi connectivity index (χ0v) is 17.4. The Morgan fingerprint density at radius 1 is 1.33 bits per heavy atom. The van der Waals surface area contributed by atoms with Crippen LogP contribution >= 0.6 is 22.7 Å². The number of rotatable bonds is 5. The first-order valence-electron chi connectivity index (χ1n) is 8.78. The normalized spacial score (nSPS) is 27.1. The van der Waals surface area contributed by atoms with E-state index in [1.807, 2.05) is 41.9 Å². The molecule has 1 saturated heterocycles. The Bertz CT molecular complexity index is 951. The van der Waals surface area contributed by atoms with Gasteiger partial charge in [0.2, 0.25) is 0 Å². The van der Waals surface area contributed by atoms with Crippen molar-refractivity contribution in [2.45, 2.75) is 31.3 Å². The van der Waals surface area contributed by atoms with Crippen molar-refractivity contribution in [3.63, 3.8) is 0 Å². The smallest absolute Gasteiger partial charge is 0.257 e. The van der Waals surface area contributed by atoms with E-state index in [1.165, 1.54) is 0 Å². The van der Waals surface area contributed by atoms with Crippen LogP contribution in [0, 0.1) is 0 Å². The highest BCUT2D eigenvalue weighted by Gasteiger charge is 2.40. The lowest BCUT2D eigenvalue weighted by atomic mass is 10.0. The molecule has 1 amide bonds. The van der Waals surface area contributed by atoms with Crippen LogP contribution in [0.5, 0.6) is 0 Å². The maximum atomic E-state index is 12.9. The average Bonchev–Trinajstić information content (AvgIpc) is 3.39. The number of carbonyl (C=O) groups is 1. The Morgan fingerprint density at radius 3 is 2.74 bits per heavy atom. The SMILES string of the molecule is CC1(NCC(=O)N2N=C(c3cccs3)CC2c2cccs2)CCS(=O)(=O)C1. The summed E-state index contributed by atoms with van der Waals surface area (Å²) in [5.74, 6) is 0.114. The standard InChI is InChI=1S/C18H21N3O3S3/c1-18(6-9-27(23,24)12-18)19-11-17(22)21-14(16-5-3-8-26-16)10-13(20-21)15-4-2-7-25-15/h2-5,7-8,14,19H,6,9-12H2,1H3. The molecule has 0 saturated carbocycles. The number of sulfone groups is 1. The van der Waals surface area contributed by atoms with Crippen molar-refractivity contribution in [3.05, 3.63) is 44.8 Å². The van der Waals surface area contributed by atoms with E-state index in [2.05, 4.69) is 10.4 Å². The first kappa shape index (κ1) is 18.8. The Balaban J connectivity index is 1.51. The highest BCUT2D eigenvalue weighted by molar-refractivity contribution is 7.91. The maximum Gasteiger partial charge on any atom is 0.257 e. The largest absolute Gasteiger partial charge is 0.302 e. The minimum Gasteiger partial charge on any atom is -0.302 e. The van der Waals surface area contributed by atoms with Gasteiger partial charge in [0, 0.05) is 16.8 Å². The number of thiophene rings is 2. The van der Waals surface area contributed by atoms with Gasteiger partial charge in [0.15, 0.2) is 9.84 Å². The lowest BCUT2D eigenvalue weighted by molar-refractivity contribution is -0.132. The molecule has 1 N–H and O–H groups in total. The fraction of sp³-hybridized carbons (Fsp3) is 0.444. The number of hydrogen-bond acceptors (Lipinski definition) is 7. The third-order valence-electron chi connectivity index (χ3n) is 5.01. The number of nitrogens with one attached hydrogen (secondary N) is 1. The van der Waals surface area contributed by atoms with E-state index in [0.717, 1.165) is 15.5 Å². The van der Waals surface area contributed by atoms with E-state index < -0.39 is 15.4 Å². The lowest BCUT2D eigenvalue weighted by Gasteiger charge is -2.26. The van der Waals surface area contributed by atoms with Crippen LogP contribution in [0.2, 0.25) is 0 Å². The van der Waals surface area contributed by atoms with E-state index in [-0.39, 0.29) is 30.0 Å². The predicted octanol–water partition coefficient (Wildman–Crippen LogP) is 2.65. The van der Waals surface area contributed by atoms with Gasteiger partial charge < -0.3 is 5.32 Å². The Morgan fingerprint density at radius 2 is 2.11 bits per heavy atom. The van der Waals surface area contributed by atoms with Gasteiger partial charge in [-0.15, -0.1) is 22.7 Å². The minimum absolute atomic E-state index is 0.0747. The van der Waals surface area contributed by atoms with Crippen molar-refractivity contribution in [2.75, 3.05) is 18.1 Å². The molecular weight excluding hydrogens is 402 g/mol.